The van der Waals surface area contributed by atoms with Crippen molar-refractivity contribution in [3.63, 3.8) is 0 Å². The highest BCUT2D eigenvalue weighted by molar-refractivity contribution is 8.00. The van der Waals surface area contributed by atoms with Crippen LogP contribution in [-0.2, 0) is 35.1 Å². The number of esters is 2. The number of hydrogen-bond donors (Lipinski definition) is 3. The second-order valence-electron chi connectivity index (χ2n) is 8.49. The van der Waals surface area contributed by atoms with Gasteiger partial charge >= 0.3 is 11.9 Å². The second kappa shape index (κ2) is 9.23. The average Bonchev–Trinajstić information content (AvgIpc) is 3.14. The number of nitrogens with zero attached hydrogens (tertiary/aromatic N) is 2. The minimum atomic E-state index is -0.752. The van der Waals surface area contributed by atoms with Crippen molar-refractivity contribution in [2.75, 3.05) is 17.7 Å². The third-order valence-electron chi connectivity index (χ3n) is 4.65. The molecular weight excluding hydrogens is 438 g/mol. The molecule has 0 bridgehead atoms. The van der Waals surface area contributed by atoms with Gasteiger partial charge in [0.15, 0.2) is 0 Å². The Morgan fingerprint density at radius 2 is 2.09 bits per heavy atom. The van der Waals surface area contributed by atoms with Crippen LogP contribution in [0.25, 0.3) is 0 Å². The molecular formula is C20H27N5O6S. The van der Waals surface area contributed by atoms with E-state index in [1.165, 1.54) is 23.6 Å². The van der Waals surface area contributed by atoms with E-state index in [1.54, 1.807) is 27.0 Å². The van der Waals surface area contributed by atoms with Crippen molar-refractivity contribution in [3.8, 4) is 0 Å². The number of rotatable bonds is 8. The van der Waals surface area contributed by atoms with Gasteiger partial charge in [-0.25, -0.2) is 9.78 Å². The molecule has 2 aliphatic rings. The number of aromatic nitrogens is 2. The van der Waals surface area contributed by atoms with Crippen molar-refractivity contribution in [3.05, 3.63) is 23.2 Å². The molecule has 2 amide bonds. The molecule has 11 nitrogen and oxygen atoms in total. The summed E-state index contributed by atoms with van der Waals surface area (Å²) in [6.07, 6.45) is 2.17. The maximum atomic E-state index is 13.0. The number of β-lactam (4-membered cyclic amide) rings is 1. The van der Waals surface area contributed by atoms with Gasteiger partial charge in [-0.1, -0.05) is 0 Å². The van der Waals surface area contributed by atoms with Crippen molar-refractivity contribution in [1.29, 1.82) is 0 Å². The number of primary amides is 1. The lowest BCUT2D eigenvalue weighted by Crippen LogP contribution is -2.68. The number of anilines is 1. The SMILES string of the molecule is CC(=O)OCC1=C(C(=O)OC(C)(C)C)N2C(=O)C(Nc3ncc(CCC(N)=O)[nH]3)[C@H]2SC1. The van der Waals surface area contributed by atoms with E-state index < -0.39 is 29.5 Å². The molecule has 0 saturated carbocycles. The van der Waals surface area contributed by atoms with Crippen LogP contribution in [0.2, 0.25) is 0 Å². The highest BCUT2D eigenvalue weighted by Crippen LogP contribution is 2.42. The number of H-pyrrole nitrogens is 1. The van der Waals surface area contributed by atoms with E-state index in [0.29, 0.717) is 29.4 Å². The topological polar surface area (TPSA) is 157 Å². The number of fused-ring (bicyclic) bond motifs is 1. The average molecular weight is 466 g/mol. The van der Waals surface area contributed by atoms with E-state index in [4.69, 9.17) is 15.2 Å². The number of hydrogen-bond acceptors (Lipinski definition) is 9. The van der Waals surface area contributed by atoms with Crippen LogP contribution in [0.1, 0.15) is 39.8 Å². The largest absolute Gasteiger partial charge is 0.461 e. The first-order chi connectivity index (χ1) is 15.0. The molecule has 3 heterocycles. The summed E-state index contributed by atoms with van der Waals surface area (Å²) >= 11 is 1.45. The van der Waals surface area contributed by atoms with Crippen LogP contribution in [0, 0.1) is 0 Å². The number of aromatic amines is 1. The summed E-state index contributed by atoms with van der Waals surface area (Å²) in [4.78, 5) is 56.7. The zero-order valence-corrected chi connectivity index (χ0v) is 19.2. The number of thioether (sulfide) groups is 1. The summed E-state index contributed by atoms with van der Waals surface area (Å²) in [6, 6.07) is -0.608. The number of imidazole rings is 1. The van der Waals surface area contributed by atoms with Gasteiger partial charge in [0.1, 0.15) is 29.3 Å². The van der Waals surface area contributed by atoms with Crippen LogP contribution >= 0.6 is 11.8 Å². The lowest BCUT2D eigenvalue weighted by molar-refractivity contribution is -0.157. The van der Waals surface area contributed by atoms with E-state index >= 15 is 0 Å². The summed E-state index contributed by atoms with van der Waals surface area (Å²) in [5.74, 6) is -1.06. The molecule has 1 aromatic heterocycles. The molecule has 0 spiro atoms. The maximum absolute atomic E-state index is 13.0. The summed E-state index contributed by atoms with van der Waals surface area (Å²) in [5.41, 5.74) is 5.77. The highest BCUT2D eigenvalue weighted by Gasteiger charge is 2.54. The van der Waals surface area contributed by atoms with E-state index in [0.717, 1.165) is 0 Å². The summed E-state index contributed by atoms with van der Waals surface area (Å²) in [5, 5.41) is 2.70. The number of nitrogens with two attached hydrogens (primary N) is 1. The lowest BCUT2D eigenvalue weighted by atomic mass is 10.0. The fourth-order valence-electron chi connectivity index (χ4n) is 3.26. The molecule has 1 aromatic rings. The van der Waals surface area contributed by atoms with Crippen LogP contribution in [-0.4, -0.2) is 68.0 Å². The van der Waals surface area contributed by atoms with Gasteiger partial charge in [0.2, 0.25) is 11.9 Å². The van der Waals surface area contributed by atoms with Gasteiger partial charge in [-0.05, 0) is 27.2 Å². The smallest absolute Gasteiger partial charge is 0.355 e. The van der Waals surface area contributed by atoms with Crippen LogP contribution in [0.4, 0.5) is 5.95 Å². The van der Waals surface area contributed by atoms with Crippen LogP contribution in [0.3, 0.4) is 0 Å². The minimum absolute atomic E-state index is 0.0904. The fraction of sp³-hybridized carbons (Fsp3) is 0.550. The van der Waals surface area contributed by atoms with Gasteiger partial charge in [0.25, 0.3) is 5.91 Å². The van der Waals surface area contributed by atoms with Gasteiger partial charge < -0.3 is 25.5 Å². The predicted octanol–water partition coefficient (Wildman–Crippen LogP) is 0.682. The number of nitrogens with one attached hydrogen (secondary N) is 2. The van der Waals surface area contributed by atoms with Gasteiger partial charge in [0, 0.05) is 30.4 Å². The summed E-state index contributed by atoms with van der Waals surface area (Å²) in [7, 11) is 0. The van der Waals surface area contributed by atoms with E-state index in [-0.39, 0.29) is 30.0 Å². The quantitative estimate of drug-likeness (QED) is 0.371. The Bertz CT molecular complexity index is 966. The van der Waals surface area contributed by atoms with Crippen LogP contribution < -0.4 is 11.1 Å². The van der Waals surface area contributed by atoms with Gasteiger partial charge in [-0.15, -0.1) is 11.8 Å². The number of carbonyl (C=O) groups excluding carboxylic acids is 4. The zero-order chi connectivity index (χ0) is 23.6. The van der Waals surface area contributed by atoms with Crippen molar-refractivity contribution >= 4 is 41.5 Å². The Balaban J connectivity index is 1.76. The molecule has 1 fully saturated rings. The van der Waals surface area contributed by atoms with E-state index in [9.17, 15) is 19.2 Å². The predicted molar refractivity (Wildman–Crippen MR) is 116 cm³/mol. The number of ether oxygens (including phenoxy) is 2. The number of amides is 2. The third-order valence-corrected chi connectivity index (χ3v) is 5.99. The first-order valence-electron chi connectivity index (χ1n) is 10.1. The first-order valence-corrected chi connectivity index (χ1v) is 11.1. The molecule has 32 heavy (non-hydrogen) atoms. The Kier molecular flexibility index (Phi) is 6.82. The molecule has 1 unspecified atom stereocenters. The first kappa shape index (κ1) is 23.6. The standard InChI is InChI=1S/C20H27N5O6S/c1-10(26)30-8-11-9-32-17-14(24-19-22-7-12(23-19)5-6-13(21)27)16(28)25(17)15(11)18(29)31-20(2,3)4/h7,14,17H,5-6,8-9H2,1-4H3,(H2,21,27)(H2,22,23,24)/t14?,17-/m1/s1. The molecule has 3 rings (SSSR count). The molecule has 2 atom stereocenters. The monoisotopic (exact) mass is 465 g/mol. The van der Waals surface area contributed by atoms with Crippen LogP contribution in [0.5, 0.6) is 0 Å². The molecule has 4 N–H and O–H groups in total. The maximum Gasteiger partial charge on any atom is 0.355 e. The van der Waals surface area contributed by atoms with E-state index in [2.05, 4.69) is 15.3 Å². The molecule has 2 aliphatic heterocycles. The highest BCUT2D eigenvalue weighted by atomic mass is 32.2. The Morgan fingerprint density at radius 1 is 1.38 bits per heavy atom. The Labute approximate surface area is 189 Å². The summed E-state index contributed by atoms with van der Waals surface area (Å²) < 4.78 is 10.6. The van der Waals surface area contributed by atoms with Gasteiger partial charge in [0.05, 0.1) is 6.20 Å². The normalized spacial score (nSPS) is 20.4. The second-order valence-corrected chi connectivity index (χ2v) is 9.59. The van der Waals surface area contributed by atoms with Gasteiger partial charge in [-0.3, -0.25) is 19.3 Å². The van der Waals surface area contributed by atoms with Crippen molar-refractivity contribution in [2.24, 2.45) is 5.73 Å². The fourth-order valence-corrected chi connectivity index (χ4v) is 4.59. The Hall–Kier alpha value is -3.02. The van der Waals surface area contributed by atoms with Gasteiger partial charge in [-0.2, -0.15) is 0 Å². The summed E-state index contributed by atoms with van der Waals surface area (Å²) in [6.45, 7) is 6.40. The third kappa shape index (κ3) is 5.42. The number of aryl methyl sites for hydroxylation is 1. The molecule has 0 aromatic carbocycles. The van der Waals surface area contributed by atoms with Crippen molar-refractivity contribution in [1.82, 2.24) is 14.9 Å². The van der Waals surface area contributed by atoms with E-state index in [1.807, 2.05) is 0 Å². The molecule has 1 saturated heterocycles. The lowest BCUT2D eigenvalue weighted by Gasteiger charge is -2.49. The molecule has 0 radical (unpaired) electrons. The number of carbonyl (C=O) groups is 4. The molecule has 174 valence electrons. The van der Waals surface area contributed by atoms with Crippen molar-refractivity contribution in [2.45, 2.75) is 57.6 Å². The Morgan fingerprint density at radius 3 is 2.72 bits per heavy atom. The molecule has 0 aliphatic carbocycles. The van der Waals surface area contributed by atoms with Crippen LogP contribution in [0.15, 0.2) is 17.5 Å². The van der Waals surface area contributed by atoms with Crippen molar-refractivity contribution < 1.29 is 28.7 Å². The molecule has 12 heteroatoms. The zero-order valence-electron chi connectivity index (χ0n) is 18.4. The minimum Gasteiger partial charge on any atom is -0.461 e.